The number of likely N-dealkylation sites (tertiary alicyclic amines) is 1. The van der Waals surface area contributed by atoms with Gasteiger partial charge in [-0.1, -0.05) is 0 Å². The molecule has 0 radical (unpaired) electrons. The molecule has 1 saturated heterocycles. The lowest BCUT2D eigenvalue weighted by Crippen LogP contribution is -2.51. The molecule has 2 heterocycles. The van der Waals surface area contributed by atoms with Crippen molar-refractivity contribution in [3.05, 3.63) is 29.1 Å². The van der Waals surface area contributed by atoms with Crippen LogP contribution in [0.5, 0.6) is 0 Å². The van der Waals surface area contributed by atoms with Crippen molar-refractivity contribution in [1.82, 2.24) is 9.88 Å². The van der Waals surface area contributed by atoms with E-state index < -0.39 is 17.3 Å². The quantitative estimate of drug-likeness (QED) is 0.888. The lowest BCUT2D eigenvalue weighted by molar-refractivity contribution is -0.151. The number of alkyl halides is 3. The molecule has 0 aromatic carbocycles. The summed E-state index contributed by atoms with van der Waals surface area (Å²) in [6, 6.07) is 2.57. The van der Waals surface area contributed by atoms with E-state index in [2.05, 4.69) is 4.98 Å². The highest BCUT2D eigenvalue weighted by Gasteiger charge is 2.44. The van der Waals surface area contributed by atoms with E-state index in [0.29, 0.717) is 44.0 Å². The number of aliphatic hydroxyl groups is 1. The maximum atomic E-state index is 12.8. The van der Waals surface area contributed by atoms with Gasteiger partial charge in [0.2, 0.25) is 5.91 Å². The molecule has 0 spiro atoms. The number of hydrogen-bond acceptors (Lipinski definition) is 3. The molecule has 1 aliphatic heterocycles. The van der Waals surface area contributed by atoms with Gasteiger partial charge in [-0.15, -0.1) is 0 Å². The molecule has 144 valence electrons. The smallest absolute Gasteiger partial charge is 0.390 e. The first-order valence-corrected chi connectivity index (χ1v) is 9.10. The van der Waals surface area contributed by atoms with Crippen LogP contribution in [0.3, 0.4) is 0 Å². The molecule has 1 aromatic rings. The summed E-state index contributed by atoms with van der Waals surface area (Å²) < 4.78 is 38.4. The molecule has 1 saturated carbocycles. The molecule has 0 atom stereocenters. The molecule has 1 N–H and O–H groups in total. The Bertz CT molecular complexity index is 672. The van der Waals surface area contributed by atoms with E-state index in [1.165, 1.54) is 13.0 Å². The summed E-state index contributed by atoms with van der Waals surface area (Å²) in [5, 5.41) is 9.78. The van der Waals surface area contributed by atoms with Crippen molar-refractivity contribution in [2.75, 3.05) is 13.1 Å². The van der Waals surface area contributed by atoms with Gasteiger partial charge in [0.25, 0.3) is 0 Å². The molecule has 1 amide bonds. The second kappa shape index (κ2) is 6.83. The highest BCUT2D eigenvalue weighted by atomic mass is 19.4. The van der Waals surface area contributed by atoms with E-state index in [0.717, 1.165) is 18.9 Å². The second-order valence-corrected chi connectivity index (χ2v) is 8.01. The Balaban J connectivity index is 1.51. The van der Waals surface area contributed by atoms with E-state index >= 15 is 0 Å². The molecule has 0 bridgehead atoms. The lowest BCUT2D eigenvalue weighted by atomic mass is 9.71. The number of amides is 1. The lowest BCUT2D eigenvalue weighted by Gasteiger charge is -2.43. The summed E-state index contributed by atoms with van der Waals surface area (Å²) in [6.07, 6.45) is -1.01. The number of carbonyl (C=O) groups excluding carboxylic acids is 1. The van der Waals surface area contributed by atoms with Crippen molar-refractivity contribution in [3.63, 3.8) is 0 Å². The third-order valence-electron chi connectivity index (χ3n) is 5.59. The molecule has 1 aromatic heterocycles. The fourth-order valence-corrected chi connectivity index (χ4v) is 4.11. The van der Waals surface area contributed by atoms with Gasteiger partial charge in [0, 0.05) is 30.4 Å². The number of aryl methyl sites for hydroxylation is 1. The summed E-state index contributed by atoms with van der Waals surface area (Å²) in [7, 11) is 0. The summed E-state index contributed by atoms with van der Waals surface area (Å²) in [5.74, 6) is 0.381. The minimum atomic E-state index is -4.37. The fourth-order valence-electron chi connectivity index (χ4n) is 4.11. The monoisotopic (exact) mass is 370 g/mol. The molecule has 7 heteroatoms. The predicted octanol–water partition coefficient (Wildman–Crippen LogP) is 3.35. The zero-order valence-corrected chi connectivity index (χ0v) is 15.1. The largest absolute Gasteiger partial charge is 0.418 e. The first-order chi connectivity index (χ1) is 12.0. The van der Waals surface area contributed by atoms with Crippen molar-refractivity contribution in [3.8, 4) is 0 Å². The van der Waals surface area contributed by atoms with Gasteiger partial charge in [0.1, 0.15) is 0 Å². The minimum absolute atomic E-state index is 0.0136. The zero-order chi connectivity index (χ0) is 19.1. The molecule has 1 aliphatic carbocycles. The Kier molecular flexibility index (Phi) is 5.03. The molecule has 2 fully saturated rings. The van der Waals surface area contributed by atoms with Gasteiger partial charge in [0.05, 0.1) is 11.2 Å². The molecule has 3 rings (SSSR count). The van der Waals surface area contributed by atoms with Crippen LogP contribution in [-0.2, 0) is 17.4 Å². The number of piperidine rings is 1. The average Bonchev–Trinajstić information content (AvgIpc) is 2.51. The maximum Gasteiger partial charge on any atom is 0.418 e. The summed E-state index contributed by atoms with van der Waals surface area (Å²) >= 11 is 0. The molecule has 0 unspecified atom stereocenters. The van der Waals surface area contributed by atoms with Crippen molar-refractivity contribution in [2.45, 2.75) is 57.7 Å². The van der Waals surface area contributed by atoms with Crippen LogP contribution in [0.1, 0.15) is 49.6 Å². The van der Waals surface area contributed by atoms with Crippen LogP contribution >= 0.6 is 0 Å². The van der Waals surface area contributed by atoms with Crippen LogP contribution in [0.4, 0.5) is 13.2 Å². The Labute approximate surface area is 151 Å². The minimum Gasteiger partial charge on any atom is -0.390 e. The van der Waals surface area contributed by atoms with Gasteiger partial charge in [0.15, 0.2) is 0 Å². The molecular weight excluding hydrogens is 345 g/mol. The summed E-state index contributed by atoms with van der Waals surface area (Å²) in [6.45, 7) is 4.48. The first-order valence-electron chi connectivity index (χ1n) is 9.10. The topological polar surface area (TPSA) is 53.4 Å². The number of halogens is 3. The summed E-state index contributed by atoms with van der Waals surface area (Å²) in [4.78, 5) is 18.4. The Morgan fingerprint density at radius 1 is 1.31 bits per heavy atom. The van der Waals surface area contributed by atoms with Gasteiger partial charge >= 0.3 is 6.18 Å². The highest BCUT2D eigenvalue weighted by Crippen LogP contribution is 2.39. The van der Waals surface area contributed by atoms with E-state index in [9.17, 15) is 23.1 Å². The van der Waals surface area contributed by atoms with Gasteiger partial charge in [-0.3, -0.25) is 9.78 Å². The zero-order valence-electron chi connectivity index (χ0n) is 15.1. The first kappa shape index (κ1) is 19.1. The van der Waals surface area contributed by atoms with Gasteiger partial charge in [-0.05, 0) is 64.0 Å². The van der Waals surface area contributed by atoms with Crippen LogP contribution in [0.25, 0.3) is 0 Å². The third kappa shape index (κ3) is 4.19. The van der Waals surface area contributed by atoms with Crippen LogP contribution < -0.4 is 0 Å². The summed E-state index contributed by atoms with van der Waals surface area (Å²) in [5.41, 5.74) is -0.696. The van der Waals surface area contributed by atoms with Gasteiger partial charge < -0.3 is 10.0 Å². The highest BCUT2D eigenvalue weighted by molar-refractivity contribution is 5.80. The predicted molar refractivity (Wildman–Crippen MR) is 90.3 cm³/mol. The maximum absolute atomic E-state index is 12.8. The van der Waals surface area contributed by atoms with Crippen molar-refractivity contribution >= 4 is 5.91 Å². The van der Waals surface area contributed by atoms with E-state index in [1.807, 2.05) is 4.90 Å². The standard InChI is InChI=1S/C19H25F3N2O2/c1-12-16(19(20,21)22)4-3-15(23-12)9-13-5-7-24(8-6-13)17(25)14-10-18(2,26)11-14/h3-4,13-14,26H,5-11H2,1-2H3. The van der Waals surface area contributed by atoms with Crippen LogP contribution in [0, 0.1) is 18.8 Å². The van der Waals surface area contributed by atoms with Crippen molar-refractivity contribution in [1.29, 1.82) is 0 Å². The number of rotatable bonds is 3. The Hall–Kier alpha value is -1.63. The number of nitrogens with zero attached hydrogens (tertiary/aromatic N) is 2. The van der Waals surface area contributed by atoms with Crippen LogP contribution in [0.2, 0.25) is 0 Å². The molecule has 2 aliphatic rings. The Morgan fingerprint density at radius 3 is 2.42 bits per heavy atom. The molecular formula is C19H25F3N2O2. The number of aromatic nitrogens is 1. The molecule has 26 heavy (non-hydrogen) atoms. The van der Waals surface area contributed by atoms with Crippen LogP contribution in [-0.4, -0.2) is 39.6 Å². The van der Waals surface area contributed by atoms with E-state index in [4.69, 9.17) is 0 Å². The van der Waals surface area contributed by atoms with Gasteiger partial charge in [-0.2, -0.15) is 13.2 Å². The van der Waals surface area contributed by atoms with Crippen molar-refractivity contribution in [2.24, 2.45) is 11.8 Å². The normalized spacial score (nSPS) is 27.3. The van der Waals surface area contributed by atoms with Gasteiger partial charge in [-0.25, -0.2) is 0 Å². The SMILES string of the molecule is Cc1nc(CC2CCN(C(=O)C3CC(C)(O)C3)CC2)ccc1C(F)(F)F. The van der Waals surface area contributed by atoms with E-state index in [-0.39, 0.29) is 17.5 Å². The number of hydrogen-bond donors (Lipinski definition) is 1. The fraction of sp³-hybridized carbons (Fsp3) is 0.684. The average molecular weight is 370 g/mol. The number of pyridine rings is 1. The van der Waals surface area contributed by atoms with E-state index in [1.54, 1.807) is 6.92 Å². The molecule has 4 nitrogen and oxygen atoms in total. The van der Waals surface area contributed by atoms with Crippen LogP contribution in [0.15, 0.2) is 12.1 Å². The second-order valence-electron chi connectivity index (χ2n) is 8.01. The van der Waals surface area contributed by atoms with Crippen molar-refractivity contribution < 1.29 is 23.1 Å². The number of carbonyl (C=O) groups is 1. The Morgan fingerprint density at radius 2 is 1.92 bits per heavy atom. The third-order valence-corrected chi connectivity index (χ3v) is 5.59.